The highest BCUT2D eigenvalue weighted by Gasteiger charge is 2.26. The van der Waals surface area contributed by atoms with Crippen molar-refractivity contribution in [3.63, 3.8) is 0 Å². The molecule has 2 aromatic carbocycles. The highest BCUT2D eigenvalue weighted by Crippen LogP contribution is 2.39. The Kier molecular flexibility index (Phi) is 7.53. The van der Waals surface area contributed by atoms with Crippen LogP contribution in [0.1, 0.15) is 32.3 Å². The molecule has 0 bridgehead atoms. The molecule has 1 saturated heterocycles. The third-order valence-electron chi connectivity index (χ3n) is 7.46. The first-order valence-corrected chi connectivity index (χ1v) is 13.2. The molecule has 3 aromatic rings. The van der Waals surface area contributed by atoms with E-state index in [-0.39, 0.29) is 23.4 Å². The van der Waals surface area contributed by atoms with E-state index >= 15 is 0 Å². The van der Waals surface area contributed by atoms with Crippen LogP contribution in [0, 0.1) is 23.0 Å². The molecule has 204 valence electrons. The third kappa shape index (κ3) is 5.45. The first kappa shape index (κ1) is 26.6. The largest absolute Gasteiger partial charge is 0.486 e. The summed E-state index contributed by atoms with van der Waals surface area (Å²) in [5.41, 5.74) is 2.87. The molecule has 3 heterocycles. The van der Waals surface area contributed by atoms with Crippen molar-refractivity contribution in [1.82, 2.24) is 14.9 Å². The van der Waals surface area contributed by atoms with Crippen LogP contribution in [0.15, 0.2) is 36.5 Å². The molecule has 5 rings (SSSR count). The predicted molar refractivity (Wildman–Crippen MR) is 149 cm³/mol. The Morgan fingerprint density at radius 3 is 2.54 bits per heavy atom. The van der Waals surface area contributed by atoms with Crippen molar-refractivity contribution in [3.05, 3.63) is 53.7 Å². The molecule has 0 radical (unpaired) electrons. The molecule has 1 fully saturated rings. The summed E-state index contributed by atoms with van der Waals surface area (Å²) in [6.07, 6.45) is 3.13. The maximum absolute atomic E-state index is 15.0. The summed E-state index contributed by atoms with van der Waals surface area (Å²) >= 11 is 0. The Labute approximate surface area is 227 Å². The summed E-state index contributed by atoms with van der Waals surface area (Å²) < 4.78 is 35.5. The van der Waals surface area contributed by atoms with E-state index in [9.17, 15) is 14.0 Å². The molecule has 0 saturated carbocycles. The molecule has 2 aliphatic rings. The van der Waals surface area contributed by atoms with Gasteiger partial charge in [0.1, 0.15) is 18.4 Å². The Bertz CT molecular complexity index is 1400. The van der Waals surface area contributed by atoms with Crippen LogP contribution in [-0.4, -0.2) is 67.3 Å². The second-order valence-corrected chi connectivity index (χ2v) is 10.5. The van der Waals surface area contributed by atoms with Gasteiger partial charge in [-0.05, 0) is 71.1 Å². The highest BCUT2D eigenvalue weighted by molar-refractivity contribution is 5.73. The normalized spacial score (nSPS) is 15.8. The molecule has 0 amide bonds. The molecule has 0 spiro atoms. The van der Waals surface area contributed by atoms with Crippen molar-refractivity contribution in [2.45, 2.75) is 38.8 Å². The van der Waals surface area contributed by atoms with Crippen LogP contribution < -0.4 is 19.9 Å². The van der Waals surface area contributed by atoms with E-state index in [1.165, 1.54) is 6.07 Å². The van der Waals surface area contributed by atoms with E-state index < -0.39 is 11.6 Å². The second kappa shape index (κ2) is 11.0. The van der Waals surface area contributed by atoms with Gasteiger partial charge in [0.05, 0.1) is 29.7 Å². The third-order valence-corrected chi connectivity index (χ3v) is 7.46. The number of rotatable bonds is 6. The maximum atomic E-state index is 15.0. The van der Waals surface area contributed by atoms with Gasteiger partial charge in [-0.3, -0.25) is 0 Å². The fraction of sp³-hybridized carbons (Fsp3) is 0.414. The number of ether oxygens (including phenoxy) is 1. The number of hydrogen-bond donors (Lipinski definition) is 1. The number of nitrogens with zero attached hydrogens (tertiary/aromatic N) is 6. The lowest BCUT2D eigenvalue weighted by atomic mass is 10.0. The molecular formula is C29H33F2N7O. The van der Waals surface area contributed by atoms with Gasteiger partial charge >= 0.3 is 0 Å². The van der Waals surface area contributed by atoms with Gasteiger partial charge in [0.15, 0.2) is 17.4 Å². The molecule has 0 atom stereocenters. The number of fused-ring (bicyclic) bond motifs is 1. The van der Waals surface area contributed by atoms with E-state index in [4.69, 9.17) is 4.74 Å². The molecule has 0 unspecified atom stereocenters. The fourth-order valence-electron chi connectivity index (χ4n) is 5.34. The number of aromatic nitrogens is 2. The minimum atomic E-state index is -0.665. The van der Waals surface area contributed by atoms with Gasteiger partial charge < -0.3 is 24.8 Å². The van der Waals surface area contributed by atoms with E-state index in [0.717, 1.165) is 37.8 Å². The lowest BCUT2D eigenvalue weighted by molar-refractivity contribution is 0.249. The Balaban J connectivity index is 1.40. The Hall–Kier alpha value is -3.97. The summed E-state index contributed by atoms with van der Waals surface area (Å²) in [6, 6.07) is 11.4. The van der Waals surface area contributed by atoms with E-state index in [1.54, 1.807) is 12.1 Å². The van der Waals surface area contributed by atoms with E-state index in [2.05, 4.69) is 45.2 Å². The average Bonchev–Trinajstić information content (AvgIpc) is 2.93. The molecule has 1 N–H and O–H groups in total. The van der Waals surface area contributed by atoms with Crippen molar-refractivity contribution < 1.29 is 13.5 Å². The van der Waals surface area contributed by atoms with Crippen molar-refractivity contribution in [2.24, 2.45) is 0 Å². The summed E-state index contributed by atoms with van der Waals surface area (Å²) in [5.74, 6) is -0.919. The van der Waals surface area contributed by atoms with Gasteiger partial charge in [-0.15, -0.1) is 0 Å². The van der Waals surface area contributed by atoms with Crippen LogP contribution in [-0.2, 0) is 0 Å². The number of hydrogen-bond acceptors (Lipinski definition) is 8. The van der Waals surface area contributed by atoms with Crippen molar-refractivity contribution in [2.75, 3.05) is 55.5 Å². The fourth-order valence-corrected chi connectivity index (χ4v) is 5.34. The summed E-state index contributed by atoms with van der Waals surface area (Å²) in [5, 5.41) is 12.9. The maximum Gasteiger partial charge on any atom is 0.227 e. The number of piperidine rings is 1. The summed E-state index contributed by atoms with van der Waals surface area (Å²) in [7, 11) is 4.20. The standard InChI is InChI=1S/C29H33F2N7O/c1-18(2)38-11-12-39-28-23(30)14-19(15-26(28)38)27-24(31)17-33-29(35-27)34-21-5-6-25(20(13-21)16-32)37-9-7-22(8-10-37)36(3)4/h5-6,13-15,17-18,22H,7-12H2,1-4H3,(H,33,34,35). The average molecular weight is 534 g/mol. The van der Waals surface area contributed by atoms with Crippen LogP contribution >= 0.6 is 0 Å². The predicted octanol–water partition coefficient (Wildman–Crippen LogP) is 5.17. The minimum Gasteiger partial charge on any atom is -0.486 e. The second-order valence-electron chi connectivity index (χ2n) is 10.5. The van der Waals surface area contributed by atoms with Gasteiger partial charge in [-0.25, -0.2) is 18.7 Å². The zero-order valence-corrected chi connectivity index (χ0v) is 22.7. The minimum absolute atomic E-state index is 0.0237. The zero-order valence-electron chi connectivity index (χ0n) is 22.7. The monoisotopic (exact) mass is 533 g/mol. The number of nitriles is 1. The van der Waals surface area contributed by atoms with Crippen LogP contribution in [0.2, 0.25) is 0 Å². The number of nitrogens with one attached hydrogen (secondary N) is 1. The van der Waals surface area contributed by atoms with Crippen LogP contribution in [0.25, 0.3) is 11.3 Å². The van der Waals surface area contributed by atoms with E-state index in [1.807, 2.05) is 30.9 Å². The van der Waals surface area contributed by atoms with Gasteiger partial charge in [-0.2, -0.15) is 5.26 Å². The lowest BCUT2D eigenvalue weighted by Crippen LogP contribution is -2.42. The van der Waals surface area contributed by atoms with Gasteiger partial charge in [-0.1, -0.05) is 0 Å². The van der Waals surface area contributed by atoms with Gasteiger partial charge in [0, 0.05) is 36.4 Å². The molecule has 2 aliphatic heterocycles. The molecular weight excluding hydrogens is 500 g/mol. The zero-order chi connectivity index (χ0) is 27.7. The Morgan fingerprint density at radius 2 is 1.85 bits per heavy atom. The van der Waals surface area contributed by atoms with Gasteiger partial charge in [0.2, 0.25) is 5.95 Å². The van der Waals surface area contributed by atoms with Gasteiger partial charge in [0.25, 0.3) is 0 Å². The highest BCUT2D eigenvalue weighted by atomic mass is 19.1. The molecule has 0 aliphatic carbocycles. The topological polar surface area (TPSA) is 80.5 Å². The first-order valence-electron chi connectivity index (χ1n) is 13.2. The Morgan fingerprint density at radius 1 is 1.08 bits per heavy atom. The molecule has 39 heavy (non-hydrogen) atoms. The lowest BCUT2D eigenvalue weighted by Gasteiger charge is -2.36. The van der Waals surface area contributed by atoms with Crippen molar-refractivity contribution >= 4 is 23.0 Å². The van der Waals surface area contributed by atoms with Crippen molar-refractivity contribution in [1.29, 1.82) is 5.26 Å². The number of benzene rings is 2. The number of anilines is 4. The van der Waals surface area contributed by atoms with Crippen LogP contribution in [0.4, 0.5) is 31.8 Å². The van der Waals surface area contributed by atoms with E-state index in [0.29, 0.717) is 41.7 Å². The molecule has 10 heteroatoms. The molecule has 1 aromatic heterocycles. The summed E-state index contributed by atoms with van der Waals surface area (Å²) in [4.78, 5) is 15.0. The smallest absolute Gasteiger partial charge is 0.227 e. The first-order chi connectivity index (χ1) is 18.7. The van der Waals surface area contributed by atoms with Crippen LogP contribution in [0.5, 0.6) is 5.75 Å². The number of halogens is 2. The van der Waals surface area contributed by atoms with Crippen LogP contribution in [0.3, 0.4) is 0 Å². The summed E-state index contributed by atoms with van der Waals surface area (Å²) in [6.45, 7) is 6.78. The SMILES string of the molecule is CC(C)N1CCOc2c(F)cc(-c3nc(Nc4ccc(N5CCC(N(C)C)CC5)c(C#N)c4)ncc3F)cc21. The van der Waals surface area contributed by atoms with Crippen molar-refractivity contribution in [3.8, 4) is 23.1 Å². The molecule has 8 nitrogen and oxygen atoms in total. The quantitative estimate of drug-likeness (QED) is 0.465.